The number of aryl methyl sites for hydroxylation is 1. The summed E-state index contributed by atoms with van der Waals surface area (Å²) in [5.74, 6) is 3.53. The number of methoxy groups -OCH3 is 1. The van der Waals surface area contributed by atoms with Crippen molar-refractivity contribution in [3.8, 4) is 11.6 Å². The maximum Gasteiger partial charge on any atom is 0.276 e. The minimum atomic E-state index is 0. The summed E-state index contributed by atoms with van der Waals surface area (Å²) < 4.78 is 12.4. The molecule has 3 aromatic rings. The van der Waals surface area contributed by atoms with Crippen LogP contribution >= 0.6 is 24.0 Å². The van der Waals surface area contributed by atoms with Gasteiger partial charge in [0.25, 0.3) is 5.89 Å². The highest BCUT2D eigenvalue weighted by Gasteiger charge is 2.22. The number of aliphatic imine (C=N–C) groups is 1. The van der Waals surface area contributed by atoms with Crippen LogP contribution in [0.15, 0.2) is 33.9 Å². The summed E-state index contributed by atoms with van der Waals surface area (Å²) in [4.78, 5) is 17.8. The van der Waals surface area contributed by atoms with Gasteiger partial charge in [0.15, 0.2) is 17.6 Å². The summed E-state index contributed by atoms with van der Waals surface area (Å²) in [7, 11) is 1.65. The second-order valence-electron chi connectivity index (χ2n) is 7.18. The molecular weight excluding hydrogens is 525 g/mol. The fourth-order valence-corrected chi connectivity index (χ4v) is 3.40. The Labute approximate surface area is 203 Å². The molecule has 0 aliphatic carbocycles. The van der Waals surface area contributed by atoms with E-state index < -0.39 is 0 Å². The molecule has 1 unspecified atom stereocenters. The second-order valence-corrected chi connectivity index (χ2v) is 7.18. The molecule has 0 saturated heterocycles. The second kappa shape index (κ2) is 11.9. The first-order chi connectivity index (χ1) is 15.2. The molecule has 1 atom stereocenters. The molecule has 1 aliphatic heterocycles. The summed E-state index contributed by atoms with van der Waals surface area (Å²) in [6.45, 7) is 4.53. The number of nitrogens with zero attached hydrogens (tertiary/aromatic N) is 7. The highest BCUT2D eigenvalue weighted by Crippen LogP contribution is 2.14. The zero-order chi connectivity index (χ0) is 21.5. The lowest BCUT2D eigenvalue weighted by atomic mass is 10.1. The van der Waals surface area contributed by atoms with E-state index in [1.165, 1.54) is 0 Å². The lowest BCUT2D eigenvalue weighted by molar-refractivity contribution is 0.177. The molecule has 0 radical (unpaired) electrons. The first-order valence-corrected chi connectivity index (χ1v) is 10.5. The van der Waals surface area contributed by atoms with Crippen molar-refractivity contribution in [1.82, 2.24) is 40.5 Å². The van der Waals surface area contributed by atoms with Crippen LogP contribution in [0.4, 0.5) is 0 Å². The van der Waals surface area contributed by atoms with Gasteiger partial charge in [-0.2, -0.15) is 10.1 Å². The molecule has 0 fully saturated rings. The third kappa shape index (κ3) is 6.22. The van der Waals surface area contributed by atoms with E-state index in [4.69, 9.17) is 9.26 Å². The van der Waals surface area contributed by atoms with Crippen LogP contribution in [0, 0.1) is 0 Å². The van der Waals surface area contributed by atoms with Gasteiger partial charge in [0.2, 0.25) is 0 Å². The van der Waals surface area contributed by atoms with Crippen molar-refractivity contribution in [1.29, 1.82) is 0 Å². The van der Waals surface area contributed by atoms with Crippen molar-refractivity contribution in [2.24, 2.45) is 4.99 Å². The molecule has 0 bridgehead atoms. The van der Waals surface area contributed by atoms with Gasteiger partial charge in [-0.05, 0) is 25.5 Å². The first kappa shape index (κ1) is 24.0. The molecule has 172 valence electrons. The molecule has 2 N–H and O–H groups in total. The average Bonchev–Trinajstić information content (AvgIpc) is 3.41. The molecule has 1 aliphatic rings. The van der Waals surface area contributed by atoms with Gasteiger partial charge in [-0.15, -0.1) is 24.0 Å². The summed E-state index contributed by atoms with van der Waals surface area (Å²) in [5, 5.41) is 15.3. The van der Waals surface area contributed by atoms with Crippen LogP contribution in [0.5, 0.6) is 0 Å². The maximum atomic E-state index is 5.30. The SMILES string of the molecule is CCNC(=NCCc1noc(-c2ccccn2)n1)NC1CCc2nc(COC)nn2C1.I. The van der Waals surface area contributed by atoms with E-state index in [1.807, 2.05) is 29.8 Å². The van der Waals surface area contributed by atoms with E-state index in [2.05, 4.69) is 40.8 Å². The number of halogens is 1. The van der Waals surface area contributed by atoms with Gasteiger partial charge in [-0.25, -0.2) is 9.67 Å². The van der Waals surface area contributed by atoms with Gasteiger partial charge in [-0.3, -0.25) is 9.98 Å². The molecule has 0 spiro atoms. The van der Waals surface area contributed by atoms with Crippen LogP contribution < -0.4 is 10.6 Å². The van der Waals surface area contributed by atoms with E-state index >= 15 is 0 Å². The monoisotopic (exact) mass is 553 g/mol. The number of hydrogen-bond acceptors (Lipinski definition) is 8. The number of aromatic nitrogens is 6. The number of hydrogen-bond donors (Lipinski definition) is 2. The van der Waals surface area contributed by atoms with Crippen molar-refractivity contribution >= 4 is 29.9 Å². The summed E-state index contributed by atoms with van der Waals surface area (Å²) in [6.07, 6.45) is 4.11. The quantitative estimate of drug-likeness (QED) is 0.243. The highest BCUT2D eigenvalue weighted by molar-refractivity contribution is 14.0. The van der Waals surface area contributed by atoms with Crippen molar-refractivity contribution in [3.05, 3.63) is 41.9 Å². The van der Waals surface area contributed by atoms with Crippen LogP contribution in [0.1, 0.15) is 30.8 Å². The zero-order valence-corrected chi connectivity index (χ0v) is 20.5. The van der Waals surface area contributed by atoms with Crippen LogP contribution in [-0.2, 0) is 30.7 Å². The standard InChI is InChI=1S/C20H27N9O2.HI/c1-3-21-20(24-14-7-8-18-25-17(13-30-2)27-29(18)12-14)23-11-9-16-26-19(31-28-16)15-6-4-5-10-22-15;/h4-6,10,14H,3,7-9,11-13H2,1-2H3,(H2,21,23,24);1H. The molecule has 4 heterocycles. The Hall–Kier alpha value is -2.61. The van der Waals surface area contributed by atoms with Crippen molar-refractivity contribution in [2.75, 3.05) is 20.2 Å². The number of rotatable bonds is 8. The Bertz CT molecular complexity index is 1010. The molecule has 4 rings (SSSR count). The van der Waals surface area contributed by atoms with Crippen LogP contribution in [-0.4, -0.2) is 62.1 Å². The van der Waals surface area contributed by atoms with E-state index in [0.29, 0.717) is 37.0 Å². The third-order valence-electron chi connectivity index (χ3n) is 4.82. The molecule has 32 heavy (non-hydrogen) atoms. The van der Waals surface area contributed by atoms with Gasteiger partial charge < -0.3 is 19.9 Å². The number of ether oxygens (including phenoxy) is 1. The number of nitrogens with one attached hydrogen (secondary N) is 2. The molecule has 11 nitrogen and oxygen atoms in total. The van der Waals surface area contributed by atoms with Gasteiger partial charge in [0.1, 0.15) is 18.1 Å². The minimum absolute atomic E-state index is 0. The van der Waals surface area contributed by atoms with Crippen molar-refractivity contribution in [2.45, 2.75) is 45.4 Å². The Balaban J connectivity index is 0.00000289. The van der Waals surface area contributed by atoms with Gasteiger partial charge >= 0.3 is 0 Å². The number of guanidine groups is 1. The Morgan fingerprint density at radius 1 is 1.31 bits per heavy atom. The van der Waals surface area contributed by atoms with Gasteiger partial charge in [0.05, 0.1) is 6.54 Å². The van der Waals surface area contributed by atoms with Crippen molar-refractivity contribution < 1.29 is 9.26 Å². The fraction of sp³-hybridized carbons (Fsp3) is 0.500. The predicted molar refractivity (Wildman–Crippen MR) is 129 cm³/mol. The Morgan fingerprint density at radius 3 is 3.00 bits per heavy atom. The first-order valence-electron chi connectivity index (χ1n) is 10.5. The minimum Gasteiger partial charge on any atom is -0.377 e. The Kier molecular flexibility index (Phi) is 8.90. The van der Waals surface area contributed by atoms with Crippen LogP contribution in [0.2, 0.25) is 0 Å². The van der Waals surface area contributed by atoms with Crippen LogP contribution in [0.3, 0.4) is 0 Å². The largest absolute Gasteiger partial charge is 0.377 e. The average molecular weight is 553 g/mol. The lowest BCUT2D eigenvalue weighted by Gasteiger charge is -2.25. The predicted octanol–water partition coefficient (Wildman–Crippen LogP) is 1.60. The summed E-state index contributed by atoms with van der Waals surface area (Å²) in [6, 6.07) is 5.80. The fourth-order valence-electron chi connectivity index (χ4n) is 3.40. The normalized spacial score (nSPS) is 15.7. The van der Waals surface area contributed by atoms with E-state index in [1.54, 1.807) is 13.3 Å². The molecule has 3 aromatic heterocycles. The maximum absolute atomic E-state index is 5.30. The lowest BCUT2D eigenvalue weighted by Crippen LogP contribution is -2.47. The van der Waals surface area contributed by atoms with Crippen LogP contribution in [0.25, 0.3) is 11.6 Å². The van der Waals surface area contributed by atoms with E-state index in [9.17, 15) is 0 Å². The van der Waals surface area contributed by atoms with Crippen molar-refractivity contribution in [3.63, 3.8) is 0 Å². The number of pyridine rings is 1. The smallest absolute Gasteiger partial charge is 0.276 e. The molecule has 0 saturated carbocycles. The topological polar surface area (TPSA) is 128 Å². The van der Waals surface area contributed by atoms with Gasteiger partial charge in [0, 0.05) is 45.3 Å². The van der Waals surface area contributed by atoms with Gasteiger partial charge in [-0.1, -0.05) is 11.2 Å². The molecule has 0 aromatic carbocycles. The van der Waals surface area contributed by atoms with E-state index in [-0.39, 0.29) is 30.0 Å². The third-order valence-corrected chi connectivity index (χ3v) is 4.82. The summed E-state index contributed by atoms with van der Waals surface area (Å²) in [5.41, 5.74) is 0.665. The molecule has 12 heteroatoms. The Morgan fingerprint density at radius 2 is 2.22 bits per heavy atom. The molecular formula is C20H28IN9O2. The zero-order valence-electron chi connectivity index (χ0n) is 18.2. The number of fused-ring (bicyclic) bond motifs is 1. The van der Waals surface area contributed by atoms with E-state index in [0.717, 1.165) is 43.5 Å². The highest BCUT2D eigenvalue weighted by atomic mass is 127. The molecule has 0 amide bonds. The summed E-state index contributed by atoms with van der Waals surface area (Å²) >= 11 is 0.